The molecule has 0 aliphatic carbocycles. The third-order valence-electron chi connectivity index (χ3n) is 2.20. The van der Waals surface area contributed by atoms with Gasteiger partial charge in [0.05, 0.1) is 17.4 Å². The van der Waals surface area contributed by atoms with Gasteiger partial charge in [-0.3, -0.25) is 4.99 Å². The van der Waals surface area contributed by atoms with Crippen LogP contribution in [0.1, 0.15) is 27.7 Å². The molecule has 0 saturated carbocycles. The minimum atomic E-state index is 0.361. The summed E-state index contributed by atoms with van der Waals surface area (Å²) in [5.41, 5.74) is 3.33. The zero-order chi connectivity index (χ0) is 10.6. The number of anilines is 1. The van der Waals surface area contributed by atoms with Crippen molar-refractivity contribution in [3.8, 4) is 0 Å². The van der Waals surface area contributed by atoms with Crippen LogP contribution in [-0.2, 0) is 0 Å². The number of nitrogens with zero attached hydrogens (tertiary/aromatic N) is 1. The zero-order valence-electron chi connectivity index (χ0n) is 9.33. The van der Waals surface area contributed by atoms with Crippen LogP contribution in [0.15, 0.2) is 29.3 Å². The first-order valence-electron chi connectivity index (χ1n) is 5.18. The Labute approximate surface area is 86.1 Å². The molecule has 1 aliphatic rings. The van der Waals surface area contributed by atoms with E-state index in [1.807, 2.05) is 39.0 Å². The number of rotatable bonds is 0. The van der Waals surface area contributed by atoms with E-state index in [4.69, 9.17) is 0 Å². The lowest BCUT2D eigenvalue weighted by atomic mass is 10.1. The topological polar surface area (TPSA) is 24.4 Å². The smallest absolute Gasteiger partial charge is 0.0861 e. The van der Waals surface area contributed by atoms with Gasteiger partial charge in [0.15, 0.2) is 0 Å². The maximum absolute atomic E-state index is 4.48. The predicted octanol–water partition coefficient (Wildman–Crippen LogP) is 3.62. The largest absolute Gasteiger partial charge is 0.376 e. The molecule has 1 aliphatic heterocycles. The second-order valence-electron chi connectivity index (χ2n) is 3.14. The van der Waals surface area contributed by atoms with Gasteiger partial charge in [0.1, 0.15) is 0 Å². The Bertz CT molecular complexity index is 329. The van der Waals surface area contributed by atoms with Gasteiger partial charge in [0.25, 0.3) is 0 Å². The van der Waals surface area contributed by atoms with Gasteiger partial charge < -0.3 is 5.32 Å². The van der Waals surface area contributed by atoms with Crippen LogP contribution >= 0.6 is 0 Å². The molecule has 1 atom stereocenters. The molecule has 0 fully saturated rings. The van der Waals surface area contributed by atoms with Crippen LogP contribution in [-0.4, -0.2) is 11.8 Å². The van der Waals surface area contributed by atoms with Gasteiger partial charge in [-0.05, 0) is 26.0 Å². The summed E-state index contributed by atoms with van der Waals surface area (Å²) in [6, 6.07) is 8.47. The van der Waals surface area contributed by atoms with E-state index >= 15 is 0 Å². The van der Waals surface area contributed by atoms with Gasteiger partial charge in [-0.15, -0.1) is 0 Å². The number of fused-ring (bicyclic) bond motifs is 1. The molecule has 0 saturated heterocycles. The molecule has 0 bridgehead atoms. The molecule has 2 heteroatoms. The SMILES string of the molecule is CC.CC1=Nc2ccccc2NC1C. The van der Waals surface area contributed by atoms with Crippen LogP contribution in [0.5, 0.6) is 0 Å². The molecule has 1 N–H and O–H groups in total. The summed E-state index contributed by atoms with van der Waals surface area (Å²) in [6.45, 7) is 8.17. The second kappa shape index (κ2) is 4.80. The predicted molar refractivity (Wildman–Crippen MR) is 63.6 cm³/mol. The van der Waals surface area contributed by atoms with Crippen molar-refractivity contribution < 1.29 is 0 Å². The number of nitrogens with one attached hydrogen (secondary N) is 1. The third kappa shape index (κ3) is 2.13. The van der Waals surface area contributed by atoms with Crippen LogP contribution in [0.3, 0.4) is 0 Å². The van der Waals surface area contributed by atoms with Gasteiger partial charge in [-0.1, -0.05) is 26.0 Å². The van der Waals surface area contributed by atoms with E-state index in [1.54, 1.807) is 0 Å². The molecule has 0 spiro atoms. The summed E-state index contributed by atoms with van der Waals surface area (Å²) >= 11 is 0. The molecule has 1 unspecified atom stereocenters. The highest BCUT2D eigenvalue weighted by Gasteiger charge is 2.13. The molecule has 1 heterocycles. The van der Waals surface area contributed by atoms with Crippen LogP contribution in [0.2, 0.25) is 0 Å². The highest BCUT2D eigenvalue weighted by molar-refractivity contribution is 5.96. The number of hydrogen-bond acceptors (Lipinski definition) is 2. The third-order valence-corrected chi connectivity index (χ3v) is 2.20. The van der Waals surface area contributed by atoms with Crippen molar-refractivity contribution in [2.45, 2.75) is 33.7 Å². The first-order valence-corrected chi connectivity index (χ1v) is 5.18. The quantitative estimate of drug-likeness (QED) is 0.664. The van der Waals surface area contributed by atoms with Crippen LogP contribution in [0.25, 0.3) is 0 Å². The van der Waals surface area contributed by atoms with Crippen molar-refractivity contribution in [1.82, 2.24) is 0 Å². The standard InChI is InChI=1S/C10H12N2.C2H6/c1-7-8(2)12-10-6-4-3-5-9(10)11-7;1-2/h3-7,11H,1-2H3;1-2H3. The van der Waals surface area contributed by atoms with Crippen LogP contribution in [0, 0.1) is 0 Å². The van der Waals surface area contributed by atoms with Crippen molar-refractivity contribution >= 4 is 17.1 Å². The molecule has 1 aromatic carbocycles. The minimum Gasteiger partial charge on any atom is -0.376 e. The van der Waals surface area contributed by atoms with Gasteiger partial charge in [-0.2, -0.15) is 0 Å². The van der Waals surface area contributed by atoms with Crippen molar-refractivity contribution in [2.24, 2.45) is 4.99 Å². The zero-order valence-corrected chi connectivity index (χ0v) is 9.33. The van der Waals surface area contributed by atoms with E-state index in [9.17, 15) is 0 Å². The van der Waals surface area contributed by atoms with E-state index in [0.29, 0.717) is 6.04 Å². The van der Waals surface area contributed by atoms with Gasteiger partial charge in [0.2, 0.25) is 0 Å². The first kappa shape index (κ1) is 10.8. The molecular weight excluding hydrogens is 172 g/mol. The Morgan fingerprint density at radius 2 is 1.86 bits per heavy atom. The van der Waals surface area contributed by atoms with E-state index in [1.165, 1.54) is 0 Å². The average Bonchev–Trinajstić information content (AvgIpc) is 2.23. The Morgan fingerprint density at radius 3 is 2.57 bits per heavy atom. The van der Waals surface area contributed by atoms with E-state index in [2.05, 4.69) is 23.3 Å². The number of para-hydroxylation sites is 2. The Kier molecular flexibility index (Phi) is 3.69. The molecular formula is C12H18N2. The first-order chi connectivity index (χ1) is 6.77. The number of aliphatic imine (C=N–C) groups is 1. The minimum absolute atomic E-state index is 0.361. The fourth-order valence-corrected chi connectivity index (χ4v) is 1.32. The Balaban J connectivity index is 0.000000461. The molecule has 2 rings (SSSR count). The highest BCUT2D eigenvalue weighted by atomic mass is 15.0. The van der Waals surface area contributed by atoms with E-state index in [-0.39, 0.29) is 0 Å². The fourth-order valence-electron chi connectivity index (χ4n) is 1.32. The molecule has 2 nitrogen and oxygen atoms in total. The van der Waals surface area contributed by atoms with Gasteiger partial charge in [-0.25, -0.2) is 0 Å². The van der Waals surface area contributed by atoms with Crippen molar-refractivity contribution in [3.63, 3.8) is 0 Å². The second-order valence-corrected chi connectivity index (χ2v) is 3.14. The lowest BCUT2D eigenvalue weighted by Crippen LogP contribution is -2.26. The summed E-state index contributed by atoms with van der Waals surface area (Å²) < 4.78 is 0. The highest BCUT2D eigenvalue weighted by Crippen LogP contribution is 2.28. The molecule has 0 aromatic heterocycles. The Morgan fingerprint density at radius 1 is 1.21 bits per heavy atom. The summed E-state index contributed by atoms with van der Waals surface area (Å²) in [7, 11) is 0. The summed E-state index contributed by atoms with van der Waals surface area (Å²) in [4.78, 5) is 4.48. The maximum atomic E-state index is 4.48. The number of benzene rings is 1. The lowest BCUT2D eigenvalue weighted by Gasteiger charge is -2.21. The summed E-state index contributed by atoms with van der Waals surface area (Å²) in [5.74, 6) is 0. The molecule has 14 heavy (non-hydrogen) atoms. The van der Waals surface area contributed by atoms with Gasteiger partial charge in [0, 0.05) is 5.71 Å². The monoisotopic (exact) mass is 190 g/mol. The maximum Gasteiger partial charge on any atom is 0.0861 e. The van der Waals surface area contributed by atoms with Crippen molar-refractivity contribution in [2.75, 3.05) is 5.32 Å². The van der Waals surface area contributed by atoms with Crippen LogP contribution in [0.4, 0.5) is 11.4 Å². The van der Waals surface area contributed by atoms with E-state index < -0.39 is 0 Å². The normalized spacial score (nSPS) is 18.3. The lowest BCUT2D eigenvalue weighted by molar-refractivity contribution is 1.02. The van der Waals surface area contributed by atoms with Crippen molar-refractivity contribution in [3.05, 3.63) is 24.3 Å². The van der Waals surface area contributed by atoms with Crippen LogP contribution < -0.4 is 5.32 Å². The van der Waals surface area contributed by atoms with E-state index in [0.717, 1.165) is 17.1 Å². The molecule has 76 valence electrons. The fraction of sp³-hybridized carbons (Fsp3) is 0.417. The summed E-state index contributed by atoms with van der Waals surface area (Å²) in [5, 5.41) is 3.38. The number of hydrogen-bond donors (Lipinski definition) is 1. The molecule has 0 amide bonds. The van der Waals surface area contributed by atoms with Crippen molar-refractivity contribution in [1.29, 1.82) is 0 Å². The Hall–Kier alpha value is -1.31. The average molecular weight is 190 g/mol. The summed E-state index contributed by atoms with van der Waals surface area (Å²) in [6.07, 6.45) is 0. The molecule has 0 radical (unpaired) electrons. The molecule has 1 aromatic rings. The van der Waals surface area contributed by atoms with Gasteiger partial charge >= 0.3 is 0 Å².